The molecular weight excluding hydrogens is 328 g/mol. The number of carbonyl (C=O) groups excluding carboxylic acids is 2. The highest BCUT2D eigenvalue weighted by atomic mass is 16.5. The Morgan fingerprint density at radius 1 is 1.04 bits per heavy atom. The smallest absolute Gasteiger partial charge is 0.224 e. The first kappa shape index (κ1) is 19.5. The third-order valence-corrected chi connectivity index (χ3v) is 3.76. The Bertz CT molecular complexity index is 729. The monoisotopic (exact) mass is 354 g/mol. The zero-order valence-corrected chi connectivity index (χ0v) is 15.6. The van der Waals surface area contributed by atoms with Crippen LogP contribution in [0.4, 0.5) is 5.69 Å². The van der Waals surface area contributed by atoms with Gasteiger partial charge in [0.05, 0.1) is 18.2 Å². The molecule has 0 bridgehead atoms. The molecule has 0 spiro atoms. The highest BCUT2D eigenvalue weighted by molar-refractivity contribution is 5.93. The lowest BCUT2D eigenvalue weighted by Gasteiger charge is -2.24. The minimum atomic E-state index is -0.0953. The summed E-state index contributed by atoms with van der Waals surface area (Å²) in [7, 11) is 0. The van der Waals surface area contributed by atoms with Crippen LogP contribution in [0.25, 0.3) is 0 Å². The van der Waals surface area contributed by atoms with Crippen molar-refractivity contribution in [1.29, 1.82) is 0 Å². The van der Waals surface area contributed by atoms with Gasteiger partial charge >= 0.3 is 0 Å². The van der Waals surface area contributed by atoms with Crippen molar-refractivity contribution in [3.8, 4) is 5.75 Å². The van der Waals surface area contributed by atoms with Crippen LogP contribution in [0.1, 0.15) is 26.3 Å². The van der Waals surface area contributed by atoms with Crippen LogP contribution in [0.2, 0.25) is 0 Å². The van der Waals surface area contributed by atoms with Gasteiger partial charge in [0, 0.05) is 20.0 Å². The summed E-state index contributed by atoms with van der Waals surface area (Å²) in [6, 6.07) is 17.0. The van der Waals surface area contributed by atoms with Crippen molar-refractivity contribution >= 4 is 17.5 Å². The topological polar surface area (TPSA) is 58.6 Å². The van der Waals surface area contributed by atoms with Gasteiger partial charge in [-0.25, -0.2) is 0 Å². The van der Waals surface area contributed by atoms with Gasteiger partial charge in [0.15, 0.2) is 0 Å². The zero-order chi connectivity index (χ0) is 18.9. The van der Waals surface area contributed by atoms with Gasteiger partial charge in [-0.05, 0) is 31.5 Å². The van der Waals surface area contributed by atoms with Gasteiger partial charge in [0.2, 0.25) is 11.8 Å². The fourth-order valence-corrected chi connectivity index (χ4v) is 2.63. The number of ether oxygens (including phenoxy) is 1. The number of hydrogen-bond acceptors (Lipinski definition) is 3. The molecule has 0 aromatic heterocycles. The minimum Gasteiger partial charge on any atom is -0.489 e. The first-order valence-electron chi connectivity index (χ1n) is 8.81. The summed E-state index contributed by atoms with van der Waals surface area (Å²) in [5.41, 5.74) is 1.68. The summed E-state index contributed by atoms with van der Waals surface area (Å²) in [4.78, 5) is 25.8. The maximum atomic E-state index is 12.1. The Morgan fingerprint density at radius 3 is 2.35 bits per heavy atom. The molecule has 5 nitrogen and oxygen atoms in total. The molecule has 26 heavy (non-hydrogen) atoms. The van der Waals surface area contributed by atoms with Crippen molar-refractivity contribution in [2.24, 2.45) is 0 Å². The summed E-state index contributed by atoms with van der Waals surface area (Å²) in [6.07, 6.45) is 0.337. The standard InChI is InChI=1S/C21H26N2O3/c1-16(2)26-20-12-8-7-11-19(20)23(17(3)24)14-13-22-21(25)15-18-9-5-4-6-10-18/h4-12,16H,13-15H2,1-3H3,(H,22,25). The summed E-state index contributed by atoms with van der Waals surface area (Å²) < 4.78 is 5.80. The van der Waals surface area contributed by atoms with Crippen LogP contribution < -0.4 is 15.0 Å². The Labute approximate surface area is 155 Å². The van der Waals surface area contributed by atoms with E-state index in [1.807, 2.05) is 68.4 Å². The van der Waals surface area contributed by atoms with Crippen LogP contribution in [0.3, 0.4) is 0 Å². The molecule has 0 unspecified atom stereocenters. The third-order valence-electron chi connectivity index (χ3n) is 3.76. The maximum absolute atomic E-state index is 12.1. The first-order chi connectivity index (χ1) is 12.5. The van der Waals surface area contributed by atoms with Crippen molar-refractivity contribution in [2.45, 2.75) is 33.3 Å². The number of rotatable bonds is 8. The molecule has 138 valence electrons. The Kier molecular flexibility index (Phi) is 7.21. The molecule has 0 saturated heterocycles. The lowest BCUT2D eigenvalue weighted by molar-refractivity contribution is -0.121. The Hall–Kier alpha value is -2.82. The maximum Gasteiger partial charge on any atom is 0.224 e. The number of nitrogens with one attached hydrogen (secondary N) is 1. The van der Waals surface area contributed by atoms with Gasteiger partial charge < -0.3 is 15.0 Å². The van der Waals surface area contributed by atoms with Crippen LogP contribution in [0, 0.1) is 0 Å². The van der Waals surface area contributed by atoms with Gasteiger partial charge in [0.1, 0.15) is 5.75 Å². The zero-order valence-electron chi connectivity index (χ0n) is 15.6. The van der Waals surface area contributed by atoms with Crippen LogP contribution in [0.15, 0.2) is 54.6 Å². The average Bonchev–Trinajstić information content (AvgIpc) is 2.60. The second-order valence-corrected chi connectivity index (χ2v) is 6.32. The lowest BCUT2D eigenvalue weighted by atomic mass is 10.1. The fourth-order valence-electron chi connectivity index (χ4n) is 2.63. The molecule has 2 aromatic rings. The molecule has 5 heteroatoms. The van der Waals surface area contributed by atoms with Crippen molar-refractivity contribution in [1.82, 2.24) is 5.32 Å². The molecule has 0 aliphatic rings. The van der Waals surface area contributed by atoms with Crippen molar-refractivity contribution in [2.75, 3.05) is 18.0 Å². The van der Waals surface area contributed by atoms with Gasteiger partial charge in [-0.3, -0.25) is 9.59 Å². The summed E-state index contributed by atoms with van der Waals surface area (Å²) >= 11 is 0. The highest BCUT2D eigenvalue weighted by Gasteiger charge is 2.17. The van der Waals surface area contributed by atoms with Gasteiger partial charge in [0.25, 0.3) is 0 Å². The number of amides is 2. The average molecular weight is 354 g/mol. The Morgan fingerprint density at radius 2 is 1.69 bits per heavy atom. The molecule has 1 N–H and O–H groups in total. The third kappa shape index (κ3) is 5.92. The first-order valence-corrected chi connectivity index (χ1v) is 8.81. The molecular formula is C21H26N2O3. The van der Waals surface area contributed by atoms with Crippen LogP contribution >= 0.6 is 0 Å². The van der Waals surface area contributed by atoms with E-state index in [0.717, 1.165) is 5.56 Å². The van der Waals surface area contributed by atoms with E-state index in [0.29, 0.717) is 30.9 Å². The number of anilines is 1. The second kappa shape index (κ2) is 9.61. The molecule has 0 saturated carbocycles. The summed E-state index contributed by atoms with van der Waals surface area (Å²) in [5.74, 6) is 0.502. The van der Waals surface area contributed by atoms with Gasteiger partial charge in [-0.15, -0.1) is 0 Å². The van der Waals surface area contributed by atoms with Crippen LogP contribution in [-0.4, -0.2) is 31.0 Å². The van der Waals surface area contributed by atoms with Crippen molar-refractivity contribution in [3.05, 3.63) is 60.2 Å². The fraction of sp³-hybridized carbons (Fsp3) is 0.333. The predicted molar refractivity (Wildman–Crippen MR) is 103 cm³/mol. The number of benzene rings is 2. The largest absolute Gasteiger partial charge is 0.489 e. The second-order valence-electron chi connectivity index (χ2n) is 6.32. The van der Waals surface area contributed by atoms with E-state index in [2.05, 4.69) is 5.32 Å². The van der Waals surface area contributed by atoms with Crippen molar-refractivity contribution in [3.63, 3.8) is 0 Å². The number of hydrogen-bond donors (Lipinski definition) is 1. The quantitative estimate of drug-likeness (QED) is 0.792. The van der Waals surface area contributed by atoms with Gasteiger partial charge in [-0.2, -0.15) is 0 Å². The predicted octanol–water partition coefficient (Wildman–Crippen LogP) is 3.19. The van der Waals surface area contributed by atoms with E-state index in [9.17, 15) is 9.59 Å². The number of carbonyl (C=O) groups is 2. The highest BCUT2D eigenvalue weighted by Crippen LogP contribution is 2.28. The number of nitrogens with zero attached hydrogens (tertiary/aromatic N) is 1. The Balaban J connectivity index is 1.97. The SMILES string of the molecule is CC(=O)N(CCNC(=O)Cc1ccccc1)c1ccccc1OC(C)C. The van der Waals surface area contributed by atoms with Gasteiger partial charge in [-0.1, -0.05) is 42.5 Å². The minimum absolute atomic E-state index is 0.00975. The molecule has 0 atom stereocenters. The molecule has 2 aromatic carbocycles. The van der Waals surface area contributed by atoms with E-state index < -0.39 is 0 Å². The van der Waals surface area contributed by atoms with E-state index in [-0.39, 0.29) is 17.9 Å². The van der Waals surface area contributed by atoms with Crippen molar-refractivity contribution < 1.29 is 14.3 Å². The summed E-state index contributed by atoms with van der Waals surface area (Å²) in [5, 5.41) is 2.87. The molecule has 0 fully saturated rings. The molecule has 0 heterocycles. The normalized spacial score (nSPS) is 10.5. The van der Waals surface area contributed by atoms with E-state index in [1.54, 1.807) is 4.90 Å². The van der Waals surface area contributed by atoms with Crippen LogP contribution in [-0.2, 0) is 16.0 Å². The van der Waals surface area contributed by atoms with E-state index in [1.165, 1.54) is 6.92 Å². The number of para-hydroxylation sites is 2. The molecule has 0 aliphatic heterocycles. The molecule has 2 rings (SSSR count). The van der Waals surface area contributed by atoms with E-state index in [4.69, 9.17) is 4.74 Å². The molecule has 0 aliphatic carbocycles. The molecule has 2 amide bonds. The molecule has 0 radical (unpaired) electrons. The van der Waals surface area contributed by atoms with Crippen LogP contribution in [0.5, 0.6) is 5.75 Å². The lowest BCUT2D eigenvalue weighted by Crippen LogP contribution is -2.38. The summed E-state index contributed by atoms with van der Waals surface area (Å²) in [6.45, 7) is 6.16. The van der Waals surface area contributed by atoms with E-state index >= 15 is 0 Å².